The summed E-state index contributed by atoms with van der Waals surface area (Å²) in [6.07, 6.45) is 4.79. The van der Waals surface area contributed by atoms with Crippen LogP contribution < -0.4 is 9.64 Å². The van der Waals surface area contributed by atoms with Crippen molar-refractivity contribution in [1.82, 2.24) is 9.88 Å². The second-order valence-corrected chi connectivity index (χ2v) is 12.4. The maximum Gasteiger partial charge on any atom is 0.215 e. The molecule has 3 saturated heterocycles. The zero-order valence-corrected chi connectivity index (χ0v) is 23.1. The van der Waals surface area contributed by atoms with Gasteiger partial charge in [-0.25, -0.2) is 9.37 Å². The van der Waals surface area contributed by atoms with Crippen molar-refractivity contribution in [2.45, 2.75) is 81.7 Å². The van der Waals surface area contributed by atoms with Gasteiger partial charge in [0.2, 0.25) is 5.88 Å². The summed E-state index contributed by atoms with van der Waals surface area (Å²) in [7, 11) is 0. The third-order valence-corrected chi connectivity index (χ3v) is 9.96. The molecule has 1 aliphatic carbocycles. The van der Waals surface area contributed by atoms with Crippen molar-refractivity contribution >= 4 is 5.69 Å². The number of halogens is 1. The van der Waals surface area contributed by atoms with Crippen molar-refractivity contribution in [3.8, 4) is 17.7 Å². The number of aromatic hydroxyl groups is 1. The van der Waals surface area contributed by atoms with E-state index >= 15 is 0 Å². The van der Waals surface area contributed by atoms with Gasteiger partial charge in [0.15, 0.2) is 0 Å². The number of fused-ring (bicyclic) bond motifs is 4. The zero-order chi connectivity index (χ0) is 27.5. The molecule has 0 saturated carbocycles. The molecule has 9 heteroatoms. The molecule has 0 radical (unpaired) electrons. The Kier molecular flexibility index (Phi) is 6.41. The van der Waals surface area contributed by atoms with Crippen LogP contribution in [0.4, 0.5) is 10.1 Å². The molecule has 3 fully saturated rings. The standard InChI is InChI=1S/C31H37FN4O4/c1-20-6-8-31(29-22(20)4-5-27(37)23(29)15-33)14-25-24(17-40-31)26(35-9-3-11-38-19-35)12-28(34-25)39-18-30-7-2-10-36(30)16-21(32)13-30/h4-5,12,20-21,37H,2-3,6-11,13-14,16-19H2,1H3/t20-,21+,30-,31-/m0/s1. The molecule has 7 rings (SSSR count). The Bertz CT molecular complexity index is 1360. The largest absolute Gasteiger partial charge is 0.507 e. The fourth-order valence-electron chi connectivity index (χ4n) is 7.89. The molecule has 1 spiro atoms. The Balaban J connectivity index is 1.27. The highest BCUT2D eigenvalue weighted by atomic mass is 19.1. The first-order valence-electron chi connectivity index (χ1n) is 14.7. The number of benzene rings is 1. The number of nitrogens with zero attached hydrogens (tertiary/aromatic N) is 4. The minimum absolute atomic E-state index is 0.0107. The first kappa shape index (κ1) is 26.0. The fraction of sp³-hybridized carbons (Fsp3) is 0.613. The quantitative estimate of drug-likeness (QED) is 0.590. The Morgan fingerprint density at radius 1 is 1.27 bits per heavy atom. The van der Waals surface area contributed by atoms with Crippen LogP contribution in [0.15, 0.2) is 18.2 Å². The van der Waals surface area contributed by atoms with Crippen molar-refractivity contribution in [2.24, 2.45) is 0 Å². The molecular weight excluding hydrogens is 511 g/mol. The second kappa shape index (κ2) is 9.86. The first-order valence-corrected chi connectivity index (χ1v) is 14.7. The van der Waals surface area contributed by atoms with Crippen LogP contribution in [0.5, 0.6) is 11.6 Å². The maximum atomic E-state index is 14.4. The number of ether oxygens (including phenoxy) is 3. The smallest absolute Gasteiger partial charge is 0.215 e. The van der Waals surface area contributed by atoms with E-state index in [1.54, 1.807) is 6.07 Å². The van der Waals surface area contributed by atoms with Gasteiger partial charge >= 0.3 is 0 Å². The molecule has 1 N–H and O–H groups in total. The Morgan fingerprint density at radius 2 is 2.17 bits per heavy atom. The molecule has 5 aliphatic rings. The van der Waals surface area contributed by atoms with Crippen LogP contribution in [0.2, 0.25) is 0 Å². The Morgan fingerprint density at radius 3 is 3.00 bits per heavy atom. The number of rotatable bonds is 4. The minimum atomic E-state index is -0.807. The first-order chi connectivity index (χ1) is 19.4. The number of hydrogen-bond donors (Lipinski definition) is 1. The van der Waals surface area contributed by atoms with E-state index in [0.717, 1.165) is 79.9 Å². The van der Waals surface area contributed by atoms with Gasteiger partial charge in [-0.05, 0) is 56.2 Å². The lowest BCUT2D eigenvalue weighted by Gasteiger charge is -2.45. The lowest BCUT2D eigenvalue weighted by molar-refractivity contribution is -0.0873. The summed E-state index contributed by atoms with van der Waals surface area (Å²) in [6, 6.07) is 7.81. The summed E-state index contributed by atoms with van der Waals surface area (Å²) < 4.78 is 33.4. The number of anilines is 1. The molecule has 1 aromatic heterocycles. The monoisotopic (exact) mass is 548 g/mol. The summed E-state index contributed by atoms with van der Waals surface area (Å²) in [5, 5.41) is 20.7. The van der Waals surface area contributed by atoms with E-state index < -0.39 is 11.8 Å². The third kappa shape index (κ3) is 4.15. The number of hydrogen-bond acceptors (Lipinski definition) is 8. The summed E-state index contributed by atoms with van der Waals surface area (Å²) in [4.78, 5) is 9.53. The molecule has 0 amide bonds. The van der Waals surface area contributed by atoms with E-state index in [1.807, 2.05) is 12.1 Å². The van der Waals surface area contributed by atoms with Crippen molar-refractivity contribution in [3.05, 3.63) is 46.1 Å². The van der Waals surface area contributed by atoms with Crippen molar-refractivity contribution in [1.29, 1.82) is 5.26 Å². The number of phenols is 1. The number of phenolic OH excluding ortho intramolecular Hbond substituents is 1. The van der Waals surface area contributed by atoms with E-state index in [-0.39, 0.29) is 17.2 Å². The lowest BCUT2D eigenvalue weighted by atomic mass is 9.69. The topological polar surface area (TPSA) is 91.1 Å². The average molecular weight is 549 g/mol. The van der Waals surface area contributed by atoms with Crippen LogP contribution >= 0.6 is 0 Å². The molecule has 0 unspecified atom stereocenters. The van der Waals surface area contributed by atoms with Gasteiger partial charge in [-0.2, -0.15) is 5.26 Å². The summed E-state index contributed by atoms with van der Waals surface area (Å²) >= 11 is 0. The second-order valence-electron chi connectivity index (χ2n) is 12.4. The molecule has 1 aromatic carbocycles. The van der Waals surface area contributed by atoms with E-state index in [2.05, 4.69) is 22.8 Å². The van der Waals surface area contributed by atoms with Gasteiger partial charge in [0.05, 0.1) is 30.1 Å². The molecule has 8 nitrogen and oxygen atoms in total. The van der Waals surface area contributed by atoms with Gasteiger partial charge in [-0.1, -0.05) is 13.0 Å². The Hall–Kier alpha value is -2.93. The van der Waals surface area contributed by atoms with E-state index in [9.17, 15) is 14.8 Å². The Labute approximate surface area is 234 Å². The fourth-order valence-corrected chi connectivity index (χ4v) is 7.89. The van der Waals surface area contributed by atoms with Gasteiger partial charge in [0, 0.05) is 43.1 Å². The lowest BCUT2D eigenvalue weighted by Crippen LogP contribution is -2.44. The number of aromatic nitrogens is 1. The van der Waals surface area contributed by atoms with E-state index in [1.165, 1.54) is 0 Å². The predicted octanol–water partition coefficient (Wildman–Crippen LogP) is 4.66. The van der Waals surface area contributed by atoms with Crippen molar-refractivity contribution in [2.75, 3.05) is 44.5 Å². The predicted molar refractivity (Wildman–Crippen MR) is 146 cm³/mol. The van der Waals surface area contributed by atoms with Crippen molar-refractivity contribution < 1.29 is 23.7 Å². The van der Waals surface area contributed by atoms with Crippen LogP contribution in [0.3, 0.4) is 0 Å². The van der Waals surface area contributed by atoms with Crippen LogP contribution in [0, 0.1) is 11.3 Å². The van der Waals surface area contributed by atoms with Crippen LogP contribution in [0.25, 0.3) is 0 Å². The average Bonchev–Trinajstić information content (AvgIpc) is 3.49. The highest BCUT2D eigenvalue weighted by Gasteiger charge is 2.50. The van der Waals surface area contributed by atoms with E-state index in [0.29, 0.717) is 50.8 Å². The molecule has 4 aliphatic heterocycles. The molecular formula is C31H37FN4O4. The molecule has 2 aromatic rings. The summed E-state index contributed by atoms with van der Waals surface area (Å²) in [5.74, 6) is 0.797. The van der Waals surface area contributed by atoms with Gasteiger partial charge in [0.1, 0.15) is 42.5 Å². The van der Waals surface area contributed by atoms with Gasteiger partial charge in [-0.15, -0.1) is 0 Å². The third-order valence-electron chi connectivity index (χ3n) is 9.96. The van der Waals surface area contributed by atoms with Gasteiger partial charge in [-0.3, -0.25) is 4.90 Å². The molecule has 4 atom stereocenters. The zero-order valence-electron chi connectivity index (χ0n) is 23.1. The number of pyridine rings is 1. The highest BCUT2D eigenvalue weighted by Crippen LogP contribution is 2.52. The summed E-state index contributed by atoms with van der Waals surface area (Å²) in [6.45, 7) is 6.45. The normalized spacial score (nSPS) is 31.5. The molecule has 0 bridgehead atoms. The van der Waals surface area contributed by atoms with Crippen LogP contribution in [-0.4, -0.2) is 66.3 Å². The molecule has 212 valence electrons. The summed E-state index contributed by atoms with van der Waals surface area (Å²) in [5.41, 5.74) is 4.08. The molecule has 40 heavy (non-hydrogen) atoms. The molecule has 5 heterocycles. The van der Waals surface area contributed by atoms with Crippen molar-refractivity contribution in [3.63, 3.8) is 0 Å². The van der Waals surface area contributed by atoms with Crippen LogP contribution in [0.1, 0.15) is 79.3 Å². The van der Waals surface area contributed by atoms with Gasteiger partial charge < -0.3 is 24.2 Å². The maximum absolute atomic E-state index is 14.4. The number of nitriles is 1. The van der Waals surface area contributed by atoms with Gasteiger partial charge in [0.25, 0.3) is 0 Å². The van der Waals surface area contributed by atoms with E-state index in [4.69, 9.17) is 19.2 Å². The highest BCUT2D eigenvalue weighted by molar-refractivity contribution is 5.61. The minimum Gasteiger partial charge on any atom is -0.507 e. The SMILES string of the molecule is C[C@H]1CC[C@]2(Cc3nc(OC[C@@]45CCCN4C[C@H](F)C5)cc(N4CCCOC4)c3CO2)c2c1ccc(O)c2C#N. The van der Waals surface area contributed by atoms with Crippen LogP contribution in [-0.2, 0) is 28.1 Å². The number of alkyl halides is 1.